The van der Waals surface area contributed by atoms with E-state index in [1.54, 1.807) is 14.0 Å². The average Bonchev–Trinajstić information content (AvgIpc) is 2.72. The van der Waals surface area contributed by atoms with Crippen molar-refractivity contribution in [3.05, 3.63) is 57.9 Å². The van der Waals surface area contributed by atoms with Gasteiger partial charge in [0, 0.05) is 0 Å². The van der Waals surface area contributed by atoms with Crippen LogP contribution in [0.3, 0.4) is 0 Å². The maximum atomic E-state index is 13.7. The van der Waals surface area contributed by atoms with Crippen LogP contribution in [0.2, 0.25) is 5.02 Å². The lowest BCUT2D eigenvalue weighted by molar-refractivity contribution is -0.122. The Morgan fingerprint density at radius 2 is 1.82 bits per heavy atom. The first-order valence-electron chi connectivity index (χ1n) is 10.7. The minimum atomic E-state index is -3.86. The Morgan fingerprint density at radius 3 is 2.30 bits per heavy atom. The van der Waals surface area contributed by atoms with Gasteiger partial charge in [-0.05, 0) is 73.2 Å². The summed E-state index contributed by atoms with van der Waals surface area (Å²) >= 11 is 5.87. The Bertz CT molecular complexity index is 1120. The van der Waals surface area contributed by atoms with Crippen LogP contribution >= 0.6 is 11.6 Å². The topological polar surface area (TPSA) is 75.7 Å². The van der Waals surface area contributed by atoms with E-state index in [-0.39, 0.29) is 29.1 Å². The van der Waals surface area contributed by atoms with E-state index in [0.29, 0.717) is 0 Å². The molecule has 2 rings (SSSR count). The predicted octanol–water partition coefficient (Wildman–Crippen LogP) is 5.34. The van der Waals surface area contributed by atoms with Crippen molar-refractivity contribution in [1.82, 2.24) is 5.32 Å². The third-order valence-electron chi connectivity index (χ3n) is 5.55. The number of rotatable bonds is 9. The van der Waals surface area contributed by atoms with Gasteiger partial charge >= 0.3 is 0 Å². The molecule has 33 heavy (non-hydrogen) atoms. The zero-order valence-electron chi connectivity index (χ0n) is 20.1. The molecule has 0 aliphatic carbocycles. The molecule has 0 fully saturated rings. The van der Waals surface area contributed by atoms with Gasteiger partial charge in [-0.3, -0.25) is 9.10 Å². The van der Waals surface area contributed by atoms with Gasteiger partial charge in [-0.15, -0.1) is 0 Å². The van der Waals surface area contributed by atoms with E-state index in [9.17, 15) is 17.6 Å². The number of hydrogen-bond acceptors (Lipinski definition) is 4. The summed E-state index contributed by atoms with van der Waals surface area (Å²) in [5.74, 6) is -0.129. The number of carbonyl (C=O) groups excluding carboxylic acids is 1. The number of halogens is 2. The van der Waals surface area contributed by atoms with Gasteiger partial charge in [0.05, 0.1) is 30.1 Å². The van der Waals surface area contributed by atoms with Gasteiger partial charge < -0.3 is 10.1 Å². The van der Waals surface area contributed by atoms with Crippen molar-refractivity contribution in [2.24, 2.45) is 0 Å². The summed E-state index contributed by atoms with van der Waals surface area (Å²) in [5.41, 5.74) is 3.01. The number of nitrogens with zero attached hydrogens (tertiary/aromatic N) is 1. The van der Waals surface area contributed by atoms with Gasteiger partial charge in [0.1, 0.15) is 17.6 Å². The molecule has 182 valence electrons. The Balaban J connectivity index is 2.41. The molecule has 0 saturated carbocycles. The first-order chi connectivity index (χ1) is 15.3. The van der Waals surface area contributed by atoms with Crippen LogP contribution in [-0.4, -0.2) is 33.7 Å². The summed E-state index contributed by atoms with van der Waals surface area (Å²) in [7, 11) is -2.24. The lowest BCUT2D eigenvalue weighted by atomic mass is 9.93. The van der Waals surface area contributed by atoms with Gasteiger partial charge in [0.15, 0.2) is 0 Å². The first kappa shape index (κ1) is 26.9. The van der Waals surface area contributed by atoms with Crippen molar-refractivity contribution < 1.29 is 22.3 Å². The molecule has 0 unspecified atom stereocenters. The van der Waals surface area contributed by atoms with Crippen LogP contribution in [-0.2, 0) is 14.8 Å². The number of carbonyl (C=O) groups is 1. The number of amides is 1. The van der Waals surface area contributed by atoms with Gasteiger partial charge in [-0.1, -0.05) is 32.4 Å². The monoisotopic (exact) mass is 498 g/mol. The van der Waals surface area contributed by atoms with E-state index >= 15 is 0 Å². The quantitative estimate of drug-likeness (QED) is 0.506. The van der Waals surface area contributed by atoms with E-state index in [1.807, 2.05) is 26.0 Å². The molecule has 0 aromatic heterocycles. The van der Waals surface area contributed by atoms with Gasteiger partial charge in [0.25, 0.3) is 0 Å². The van der Waals surface area contributed by atoms with E-state index in [1.165, 1.54) is 12.1 Å². The Labute approximate surface area is 201 Å². The second-order valence-electron chi connectivity index (χ2n) is 8.42. The van der Waals surface area contributed by atoms with E-state index in [2.05, 4.69) is 19.2 Å². The van der Waals surface area contributed by atoms with Crippen molar-refractivity contribution in [3.8, 4) is 5.75 Å². The molecule has 0 saturated heterocycles. The molecular weight excluding hydrogens is 467 g/mol. The Morgan fingerprint density at radius 1 is 1.18 bits per heavy atom. The summed E-state index contributed by atoms with van der Waals surface area (Å²) in [4.78, 5) is 13.3. The summed E-state index contributed by atoms with van der Waals surface area (Å²) < 4.78 is 45.4. The maximum Gasteiger partial charge on any atom is 0.244 e. The van der Waals surface area contributed by atoms with Crippen molar-refractivity contribution >= 4 is 33.2 Å². The molecule has 6 nitrogen and oxygen atoms in total. The van der Waals surface area contributed by atoms with Crippen molar-refractivity contribution in [1.29, 1.82) is 0 Å². The zero-order valence-corrected chi connectivity index (χ0v) is 21.6. The van der Waals surface area contributed by atoms with Crippen LogP contribution in [0.1, 0.15) is 62.8 Å². The van der Waals surface area contributed by atoms with Crippen LogP contribution in [0.15, 0.2) is 30.3 Å². The predicted molar refractivity (Wildman–Crippen MR) is 131 cm³/mol. The highest BCUT2D eigenvalue weighted by molar-refractivity contribution is 7.92. The van der Waals surface area contributed by atoms with Crippen LogP contribution in [0.4, 0.5) is 10.1 Å². The van der Waals surface area contributed by atoms with Crippen LogP contribution in [0.25, 0.3) is 0 Å². The molecule has 0 aliphatic heterocycles. The number of benzene rings is 2. The Kier molecular flexibility index (Phi) is 8.76. The van der Waals surface area contributed by atoms with E-state index in [4.69, 9.17) is 16.3 Å². The number of anilines is 1. The number of methoxy groups -OCH3 is 1. The number of nitrogens with one attached hydrogen (secondary N) is 1. The number of aryl methyl sites for hydroxylation is 1. The molecule has 1 amide bonds. The molecular formula is C24H32ClFN2O4S. The molecule has 0 radical (unpaired) electrons. The van der Waals surface area contributed by atoms with Crippen molar-refractivity contribution in [2.45, 2.75) is 59.0 Å². The molecule has 9 heteroatoms. The summed E-state index contributed by atoms with van der Waals surface area (Å²) in [5, 5.41) is 2.72. The fourth-order valence-electron chi connectivity index (χ4n) is 3.88. The lowest BCUT2D eigenvalue weighted by Gasteiger charge is -2.31. The molecule has 2 atom stereocenters. The molecule has 2 aromatic carbocycles. The molecule has 0 aliphatic rings. The van der Waals surface area contributed by atoms with Gasteiger partial charge in [-0.25, -0.2) is 12.8 Å². The lowest BCUT2D eigenvalue weighted by Crippen LogP contribution is -2.49. The highest BCUT2D eigenvalue weighted by atomic mass is 35.5. The second-order valence-corrected chi connectivity index (χ2v) is 10.7. The largest absolute Gasteiger partial charge is 0.496 e. The summed E-state index contributed by atoms with van der Waals surface area (Å²) in [6, 6.07) is 6.12. The summed E-state index contributed by atoms with van der Waals surface area (Å²) in [6.45, 7) is 9.62. The minimum absolute atomic E-state index is 0.126. The number of ether oxygens (including phenoxy) is 1. The minimum Gasteiger partial charge on any atom is -0.496 e. The normalized spacial score (nSPS) is 13.5. The number of hydrogen-bond donors (Lipinski definition) is 1. The van der Waals surface area contributed by atoms with E-state index < -0.39 is 27.8 Å². The smallest absolute Gasteiger partial charge is 0.244 e. The molecule has 0 bridgehead atoms. The van der Waals surface area contributed by atoms with Gasteiger partial charge in [0.2, 0.25) is 15.9 Å². The van der Waals surface area contributed by atoms with Crippen molar-refractivity contribution in [2.75, 3.05) is 17.7 Å². The van der Waals surface area contributed by atoms with Crippen LogP contribution in [0, 0.1) is 12.7 Å². The molecule has 1 N–H and O–H groups in total. The highest BCUT2D eigenvalue weighted by Gasteiger charge is 2.33. The second kappa shape index (κ2) is 10.7. The molecule has 0 spiro atoms. The van der Waals surface area contributed by atoms with Crippen molar-refractivity contribution in [3.63, 3.8) is 0 Å². The average molecular weight is 499 g/mol. The van der Waals surface area contributed by atoms with Gasteiger partial charge in [-0.2, -0.15) is 0 Å². The fraction of sp³-hybridized carbons (Fsp3) is 0.458. The Hall–Kier alpha value is -2.32. The molecule has 0 heterocycles. The maximum absolute atomic E-state index is 13.7. The SMILES string of the molecule is CC[C@H](C(=O)N[C@@H](C)c1cc(C(C)C)c(OC)cc1C)N(c1ccc(F)c(Cl)c1)S(C)(=O)=O. The number of sulfonamides is 1. The van der Waals surface area contributed by atoms with Crippen LogP contribution < -0.4 is 14.4 Å². The van der Waals surface area contributed by atoms with E-state index in [0.717, 1.165) is 39.1 Å². The van der Waals surface area contributed by atoms with Crippen LogP contribution in [0.5, 0.6) is 5.75 Å². The molecule has 2 aromatic rings. The highest BCUT2D eigenvalue weighted by Crippen LogP contribution is 2.32. The fourth-order valence-corrected chi connectivity index (χ4v) is 5.26. The third-order valence-corrected chi connectivity index (χ3v) is 7.02. The third kappa shape index (κ3) is 6.18. The standard InChI is InChI=1S/C24H32ClFN2O4S/c1-8-22(28(33(7,30)31)17-9-10-21(26)20(25)12-17)24(29)27-16(5)19-13-18(14(2)3)23(32-6)11-15(19)4/h9-14,16,22H,8H2,1-7H3,(H,27,29)/t16-,22+/m0/s1. The first-order valence-corrected chi connectivity index (χ1v) is 13.0. The zero-order chi connectivity index (χ0) is 25.1. The summed E-state index contributed by atoms with van der Waals surface area (Å²) in [6.07, 6.45) is 1.21.